The number of fused-ring (bicyclic) bond motifs is 1. The van der Waals surface area contributed by atoms with Crippen molar-refractivity contribution in [3.8, 4) is 23.3 Å². The maximum Gasteiger partial charge on any atom is 0.255 e. The Morgan fingerprint density at radius 2 is 1.81 bits per heavy atom. The van der Waals surface area contributed by atoms with E-state index in [1.807, 2.05) is 74.6 Å². The van der Waals surface area contributed by atoms with Crippen molar-refractivity contribution in [2.24, 2.45) is 0 Å². The number of hydrogen-bond acceptors (Lipinski definition) is 4. The molecule has 0 spiro atoms. The fourth-order valence-corrected chi connectivity index (χ4v) is 3.98. The molecule has 1 unspecified atom stereocenters. The number of para-hydroxylation sites is 1. The molecule has 0 aliphatic carbocycles. The largest absolute Gasteiger partial charge is 0.497 e. The van der Waals surface area contributed by atoms with Gasteiger partial charge in [-0.15, -0.1) is 0 Å². The Labute approximate surface area is 211 Å². The molecule has 3 aromatic carbocycles. The molecule has 6 nitrogen and oxygen atoms in total. The van der Waals surface area contributed by atoms with Crippen LogP contribution in [-0.4, -0.2) is 41.9 Å². The SMILES string of the molecule is COc1cccc(C#Cc2ccc(OC(C)C)c(C(=O)NC(CO)Cc3c[nH]c4ccccc34)c2)c1. The first kappa shape index (κ1) is 24.9. The lowest BCUT2D eigenvalue weighted by molar-refractivity contribution is 0.0910. The second-order valence-electron chi connectivity index (χ2n) is 8.78. The van der Waals surface area contributed by atoms with Crippen molar-refractivity contribution in [1.82, 2.24) is 10.3 Å². The molecule has 1 heterocycles. The van der Waals surface area contributed by atoms with Gasteiger partial charge in [0.1, 0.15) is 11.5 Å². The van der Waals surface area contributed by atoms with Crippen LogP contribution >= 0.6 is 0 Å². The second-order valence-corrected chi connectivity index (χ2v) is 8.78. The third-order valence-electron chi connectivity index (χ3n) is 5.70. The molecule has 3 N–H and O–H groups in total. The molecule has 0 radical (unpaired) electrons. The predicted octanol–water partition coefficient (Wildman–Crippen LogP) is 4.70. The highest BCUT2D eigenvalue weighted by molar-refractivity contribution is 5.97. The van der Waals surface area contributed by atoms with Gasteiger partial charge in [0.15, 0.2) is 0 Å². The number of carbonyl (C=O) groups excluding carboxylic acids is 1. The van der Waals surface area contributed by atoms with Crippen LogP contribution in [0.3, 0.4) is 0 Å². The summed E-state index contributed by atoms with van der Waals surface area (Å²) < 4.78 is 11.2. The number of methoxy groups -OCH3 is 1. The highest BCUT2D eigenvalue weighted by atomic mass is 16.5. The van der Waals surface area contributed by atoms with E-state index in [1.54, 1.807) is 19.2 Å². The second kappa shape index (κ2) is 11.5. The molecule has 0 fully saturated rings. The molecular weight excluding hydrogens is 452 g/mol. The quantitative estimate of drug-likeness (QED) is 0.318. The minimum Gasteiger partial charge on any atom is -0.497 e. The van der Waals surface area contributed by atoms with Crippen molar-refractivity contribution in [3.63, 3.8) is 0 Å². The van der Waals surface area contributed by atoms with Crippen LogP contribution in [0.25, 0.3) is 10.9 Å². The van der Waals surface area contributed by atoms with E-state index in [2.05, 4.69) is 22.1 Å². The number of H-pyrrole nitrogens is 1. The number of aliphatic hydroxyl groups excluding tert-OH is 1. The van der Waals surface area contributed by atoms with Gasteiger partial charge in [-0.05, 0) is 68.3 Å². The zero-order valence-electron chi connectivity index (χ0n) is 20.7. The summed E-state index contributed by atoms with van der Waals surface area (Å²) in [6, 6.07) is 20.3. The van der Waals surface area contributed by atoms with Crippen LogP contribution < -0.4 is 14.8 Å². The summed E-state index contributed by atoms with van der Waals surface area (Å²) in [5, 5.41) is 14.1. The van der Waals surface area contributed by atoms with Gasteiger partial charge in [0.25, 0.3) is 5.91 Å². The minimum absolute atomic E-state index is 0.106. The van der Waals surface area contributed by atoms with Gasteiger partial charge in [-0.2, -0.15) is 0 Å². The highest BCUT2D eigenvalue weighted by Crippen LogP contribution is 2.23. The number of nitrogens with one attached hydrogen (secondary N) is 2. The number of aromatic amines is 1. The summed E-state index contributed by atoms with van der Waals surface area (Å²) in [6.07, 6.45) is 2.30. The van der Waals surface area contributed by atoms with Crippen LogP contribution in [0.15, 0.2) is 72.9 Å². The van der Waals surface area contributed by atoms with Gasteiger partial charge in [-0.25, -0.2) is 0 Å². The smallest absolute Gasteiger partial charge is 0.255 e. The average molecular weight is 483 g/mol. The molecule has 0 aliphatic heterocycles. The lowest BCUT2D eigenvalue weighted by Crippen LogP contribution is -2.39. The first-order valence-corrected chi connectivity index (χ1v) is 11.9. The van der Waals surface area contributed by atoms with Crippen LogP contribution in [0.4, 0.5) is 0 Å². The lowest BCUT2D eigenvalue weighted by Gasteiger charge is -2.19. The zero-order valence-corrected chi connectivity index (χ0v) is 20.7. The minimum atomic E-state index is -0.463. The third kappa shape index (κ3) is 6.07. The number of hydrogen-bond donors (Lipinski definition) is 3. The normalized spacial score (nSPS) is 11.6. The predicted molar refractivity (Wildman–Crippen MR) is 142 cm³/mol. The van der Waals surface area contributed by atoms with Gasteiger partial charge < -0.3 is 24.9 Å². The van der Waals surface area contributed by atoms with Crippen molar-refractivity contribution < 1.29 is 19.4 Å². The lowest BCUT2D eigenvalue weighted by atomic mass is 10.0. The summed E-state index contributed by atoms with van der Waals surface area (Å²) >= 11 is 0. The maximum atomic E-state index is 13.3. The molecule has 0 aliphatic rings. The van der Waals surface area contributed by atoms with Crippen molar-refractivity contribution in [1.29, 1.82) is 0 Å². The fourth-order valence-electron chi connectivity index (χ4n) is 3.98. The number of ether oxygens (including phenoxy) is 2. The van der Waals surface area contributed by atoms with Crippen molar-refractivity contribution >= 4 is 16.8 Å². The monoisotopic (exact) mass is 482 g/mol. The third-order valence-corrected chi connectivity index (χ3v) is 5.70. The Balaban J connectivity index is 1.57. The Hall–Kier alpha value is -4.21. The summed E-state index contributed by atoms with van der Waals surface area (Å²) in [4.78, 5) is 16.6. The van der Waals surface area contributed by atoms with Crippen molar-refractivity contribution in [2.45, 2.75) is 32.4 Å². The summed E-state index contributed by atoms with van der Waals surface area (Å²) in [7, 11) is 1.61. The van der Waals surface area contributed by atoms with E-state index in [9.17, 15) is 9.90 Å². The number of benzene rings is 3. The summed E-state index contributed by atoms with van der Waals surface area (Å²) in [6.45, 7) is 3.62. The fraction of sp³-hybridized carbons (Fsp3) is 0.233. The van der Waals surface area contributed by atoms with Crippen LogP contribution in [-0.2, 0) is 6.42 Å². The van der Waals surface area contributed by atoms with E-state index < -0.39 is 6.04 Å². The van der Waals surface area contributed by atoms with E-state index >= 15 is 0 Å². The number of rotatable bonds is 8. The standard InChI is InChI=1S/C30H30N2O4/c1-20(2)36-29-14-13-22(12-11-21-7-6-8-25(15-21)35-3)16-27(29)30(34)32-24(19-33)17-23-18-31-28-10-5-4-9-26(23)28/h4-10,13-16,18,20,24,31,33H,17,19H2,1-3H3,(H,32,34). The summed E-state index contributed by atoms with van der Waals surface area (Å²) in [5.41, 5.74) is 3.91. The van der Waals surface area contributed by atoms with Crippen LogP contribution in [0.1, 0.15) is 40.9 Å². The first-order valence-electron chi connectivity index (χ1n) is 11.9. The summed E-state index contributed by atoms with van der Waals surface area (Å²) in [5.74, 6) is 7.11. The molecule has 184 valence electrons. The van der Waals surface area contributed by atoms with Crippen molar-refractivity contribution in [2.75, 3.05) is 13.7 Å². The molecule has 0 saturated carbocycles. The van der Waals surface area contributed by atoms with E-state index in [0.29, 0.717) is 23.3 Å². The molecular formula is C30H30N2O4. The first-order chi connectivity index (χ1) is 17.5. The zero-order chi connectivity index (χ0) is 25.5. The number of carbonyl (C=O) groups is 1. The Morgan fingerprint density at radius 3 is 2.56 bits per heavy atom. The van der Waals surface area contributed by atoms with Gasteiger partial charge in [0.05, 0.1) is 31.4 Å². The molecule has 1 aromatic heterocycles. The van der Waals surface area contributed by atoms with E-state index in [-0.39, 0.29) is 18.6 Å². The van der Waals surface area contributed by atoms with E-state index in [0.717, 1.165) is 27.8 Å². The molecule has 4 rings (SSSR count). The Morgan fingerprint density at radius 1 is 1.03 bits per heavy atom. The van der Waals surface area contributed by atoms with Gasteiger partial charge in [0, 0.05) is 28.2 Å². The van der Waals surface area contributed by atoms with Gasteiger partial charge in [-0.3, -0.25) is 4.79 Å². The molecule has 1 amide bonds. The van der Waals surface area contributed by atoms with Gasteiger partial charge >= 0.3 is 0 Å². The maximum absolute atomic E-state index is 13.3. The Bertz CT molecular complexity index is 1410. The van der Waals surface area contributed by atoms with Crippen LogP contribution in [0, 0.1) is 11.8 Å². The van der Waals surface area contributed by atoms with Crippen LogP contribution in [0.5, 0.6) is 11.5 Å². The van der Waals surface area contributed by atoms with Crippen molar-refractivity contribution in [3.05, 3.63) is 95.2 Å². The molecule has 0 saturated heterocycles. The van der Waals surface area contributed by atoms with Gasteiger partial charge in [0.2, 0.25) is 0 Å². The number of aliphatic hydroxyl groups is 1. The number of amides is 1. The number of aromatic nitrogens is 1. The van der Waals surface area contributed by atoms with E-state index in [4.69, 9.17) is 9.47 Å². The molecule has 0 bridgehead atoms. The average Bonchev–Trinajstić information content (AvgIpc) is 3.30. The Kier molecular flexibility index (Phi) is 7.94. The van der Waals surface area contributed by atoms with E-state index in [1.165, 1.54) is 0 Å². The van der Waals surface area contributed by atoms with Crippen LogP contribution in [0.2, 0.25) is 0 Å². The molecule has 36 heavy (non-hydrogen) atoms. The molecule has 6 heteroatoms. The van der Waals surface area contributed by atoms with Gasteiger partial charge in [-0.1, -0.05) is 36.1 Å². The molecule has 4 aromatic rings. The molecule has 1 atom stereocenters. The topological polar surface area (TPSA) is 83.6 Å². The highest BCUT2D eigenvalue weighted by Gasteiger charge is 2.19.